The second kappa shape index (κ2) is 8.64. The molecule has 1 amide bonds. The molecule has 1 aliphatic heterocycles. The van der Waals surface area contributed by atoms with E-state index in [0.29, 0.717) is 21.6 Å². The maximum atomic E-state index is 13.4. The molecule has 0 spiro atoms. The number of para-hydroxylation sites is 1. The number of carbonyl (C=O) groups is 1. The molecule has 0 atom stereocenters. The van der Waals surface area contributed by atoms with E-state index in [1.165, 1.54) is 11.3 Å². The van der Waals surface area contributed by atoms with Gasteiger partial charge in [0.05, 0.1) is 20.8 Å². The molecule has 0 unspecified atom stereocenters. The van der Waals surface area contributed by atoms with Gasteiger partial charge in [-0.05, 0) is 44.2 Å². The lowest BCUT2D eigenvalue weighted by atomic mass is 10.00. The monoisotopic (exact) mass is 453 g/mol. The van der Waals surface area contributed by atoms with Crippen molar-refractivity contribution >= 4 is 49.6 Å². The molecule has 33 heavy (non-hydrogen) atoms. The van der Waals surface area contributed by atoms with E-state index < -0.39 is 5.91 Å². The van der Waals surface area contributed by atoms with Crippen LogP contribution in [0, 0.1) is 0 Å². The van der Waals surface area contributed by atoms with Gasteiger partial charge in [0.1, 0.15) is 5.56 Å². The van der Waals surface area contributed by atoms with Crippen LogP contribution < -0.4 is 15.6 Å². The highest BCUT2D eigenvalue weighted by molar-refractivity contribution is 7.21. The first-order valence-corrected chi connectivity index (χ1v) is 11.8. The highest BCUT2D eigenvalue weighted by atomic mass is 32.1. The van der Waals surface area contributed by atoms with Crippen molar-refractivity contribution in [3.05, 3.63) is 88.6 Å². The van der Waals surface area contributed by atoms with E-state index >= 15 is 0 Å². The number of hydrogen-bond donors (Lipinski definition) is 1. The summed E-state index contributed by atoms with van der Waals surface area (Å²) in [4.78, 5) is 34.6. The summed E-state index contributed by atoms with van der Waals surface area (Å²) in [5, 5.41) is 4.14. The molecule has 0 aromatic heterocycles. The molecule has 3 aromatic carbocycles. The Kier molecular flexibility index (Phi) is 5.52. The average Bonchev–Trinajstić information content (AvgIpc) is 2.85. The van der Waals surface area contributed by atoms with Crippen LogP contribution in [-0.2, 0) is 0 Å². The molecule has 1 N–H and O–H groups in total. The molecule has 6 heteroatoms. The molecule has 0 bridgehead atoms. The van der Waals surface area contributed by atoms with E-state index in [4.69, 9.17) is 4.98 Å². The predicted octanol–water partition coefficient (Wildman–Crippen LogP) is 6.01. The molecule has 164 valence electrons. The standard InChI is InChI=1S/C27H23N3O2S/c1-3-30(4-2)18-14-15-22-21(16-18)29-24-19-12-8-9-13-20(19)25(31)23(26(24)33-22)27(32)28-17-10-6-5-7-11-17/h5-16H,3-4H2,1-2H3,(H,28,32). The summed E-state index contributed by atoms with van der Waals surface area (Å²) in [6.07, 6.45) is 0. The Balaban J connectivity index is 1.77. The molecule has 1 heterocycles. The number of amides is 1. The number of benzene rings is 4. The van der Waals surface area contributed by atoms with Crippen molar-refractivity contribution in [1.82, 2.24) is 4.98 Å². The molecule has 1 aliphatic carbocycles. The Bertz CT molecular complexity index is 1510. The number of anilines is 2. The van der Waals surface area contributed by atoms with Gasteiger partial charge in [0.2, 0.25) is 5.43 Å². The zero-order valence-corrected chi connectivity index (χ0v) is 19.3. The van der Waals surface area contributed by atoms with E-state index in [1.54, 1.807) is 18.2 Å². The molecular formula is C27H23N3O2S. The van der Waals surface area contributed by atoms with Crippen LogP contribution in [0.3, 0.4) is 0 Å². The van der Waals surface area contributed by atoms with Gasteiger partial charge in [-0.25, -0.2) is 4.98 Å². The molecule has 5 nitrogen and oxygen atoms in total. The van der Waals surface area contributed by atoms with Crippen molar-refractivity contribution in [3.8, 4) is 10.6 Å². The highest BCUT2D eigenvalue weighted by Gasteiger charge is 2.25. The minimum absolute atomic E-state index is 0.139. The average molecular weight is 454 g/mol. The summed E-state index contributed by atoms with van der Waals surface area (Å²) in [5.74, 6) is -0.417. The van der Waals surface area contributed by atoms with Crippen molar-refractivity contribution in [2.45, 2.75) is 13.8 Å². The number of nitrogens with zero attached hydrogens (tertiary/aromatic N) is 2. The Morgan fingerprint density at radius 3 is 2.36 bits per heavy atom. The van der Waals surface area contributed by atoms with Gasteiger partial charge in [-0.3, -0.25) is 9.59 Å². The zero-order chi connectivity index (χ0) is 22.9. The van der Waals surface area contributed by atoms with E-state index in [-0.39, 0.29) is 11.0 Å². The Morgan fingerprint density at radius 2 is 1.64 bits per heavy atom. The van der Waals surface area contributed by atoms with E-state index in [1.807, 2.05) is 42.5 Å². The Labute approximate surface area is 195 Å². The molecule has 3 aromatic rings. The third kappa shape index (κ3) is 3.72. The summed E-state index contributed by atoms with van der Waals surface area (Å²) in [7, 11) is 0. The van der Waals surface area contributed by atoms with Crippen LogP contribution in [0.15, 0.2) is 77.6 Å². The molecule has 2 aliphatic rings. The molecule has 0 fully saturated rings. The van der Waals surface area contributed by atoms with Crippen molar-refractivity contribution in [2.24, 2.45) is 0 Å². The Morgan fingerprint density at radius 1 is 0.939 bits per heavy atom. The zero-order valence-electron chi connectivity index (χ0n) is 18.5. The number of rotatable bonds is 5. The van der Waals surface area contributed by atoms with Gasteiger partial charge >= 0.3 is 0 Å². The highest BCUT2D eigenvalue weighted by Crippen LogP contribution is 2.38. The van der Waals surface area contributed by atoms with Crippen LogP contribution in [0.1, 0.15) is 24.2 Å². The SMILES string of the molecule is CCN(CC)c1ccc2sc3c(C(=O)Nc4ccccc4)c(=O)c4ccccc4c-3nc2c1. The fourth-order valence-electron chi connectivity index (χ4n) is 4.19. The first-order chi connectivity index (χ1) is 16.1. The van der Waals surface area contributed by atoms with Gasteiger partial charge in [0.25, 0.3) is 5.91 Å². The lowest BCUT2D eigenvalue weighted by molar-refractivity contribution is 0.102. The lowest BCUT2D eigenvalue weighted by Gasteiger charge is -2.21. The van der Waals surface area contributed by atoms with Crippen LogP contribution >= 0.6 is 11.3 Å². The number of fused-ring (bicyclic) bond motifs is 4. The summed E-state index contributed by atoms with van der Waals surface area (Å²) < 4.78 is 0.932. The number of nitrogens with one attached hydrogen (secondary N) is 1. The van der Waals surface area contributed by atoms with Crippen LogP contribution in [0.5, 0.6) is 0 Å². The van der Waals surface area contributed by atoms with E-state index in [2.05, 4.69) is 36.2 Å². The van der Waals surface area contributed by atoms with Crippen molar-refractivity contribution in [1.29, 1.82) is 0 Å². The first kappa shape index (κ1) is 21.1. The van der Waals surface area contributed by atoms with Gasteiger partial charge in [-0.15, -0.1) is 11.3 Å². The second-order valence-electron chi connectivity index (χ2n) is 7.79. The van der Waals surface area contributed by atoms with Crippen molar-refractivity contribution in [3.63, 3.8) is 0 Å². The van der Waals surface area contributed by atoms with Crippen LogP contribution in [0.2, 0.25) is 0 Å². The predicted molar refractivity (Wildman–Crippen MR) is 138 cm³/mol. The summed E-state index contributed by atoms with van der Waals surface area (Å²) in [5.41, 5.74) is 3.15. The second-order valence-corrected chi connectivity index (χ2v) is 8.84. The van der Waals surface area contributed by atoms with Gasteiger partial charge in [-0.1, -0.05) is 42.5 Å². The third-order valence-electron chi connectivity index (χ3n) is 5.87. The number of aromatic nitrogens is 1. The summed E-state index contributed by atoms with van der Waals surface area (Å²) in [6, 6.07) is 22.7. The first-order valence-electron chi connectivity index (χ1n) is 11.0. The summed E-state index contributed by atoms with van der Waals surface area (Å²) in [6.45, 7) is 6.08. The van der Waals surface area contributed by atoms with Crippen LogP contribution in [0.4, 0.5) is 11.4 Å². The van der Waals surface area contributed by atoms with Crippen LogP contribution in [-0.4, -0.2) is 24.0 Å². The largest absolute Gasteiger partial charge is 0.372 e. The Hall–Kier alpha value is -3.77. The van der Waals surface area contributed by atoms with Gasteiger partial charge < -0.3 is 10.2 Å². The molecule has 5 rings (SSSR count). The molecule has 0 radical (unpaired) electrons. The quantitative estimate of drug-likeness (QED) is 0.261. The minimum atomic E-state index is -0.417. The molecular weight excluding hydrogens is 430 g/mol. The fraction of sp³-hybridized carbons (Fsp3) is 0.148. The summed E-state index contributed by atoms with van der Waals surface area (Å²) >= 11 is 1.44. The lowest BCUT2D eigenvalue weighted by Crippen LogP contribution is -2.23. The van der Waals surface area contributed by atoms with E-state index in [0.717, 1.165) is 34.4 Å². The van der Waals surface area contributed by atoms with Gasteiger partial charge in [0.15, 0.2) is 0 Å². The topological polar surface area (TPSA) is 62.3 Å². The normalized spacial score (nSPS) is 11.2. The third-order valence-corrected chi connectivity index (χ3v) is 7.04. The number of carbonyl (C=O) groups excluding carboxylic acids is 1. The molecule has 0 saturated heterocycles. The fourth-order valence-corrected chi connectivity index (χ4v) is 5.30. The smallest absolute Gasteiger partial charge is 0.261 e. The van der Waals surface area contributed by atoms with Gasteiger partial charge in [0, 0.05) is 35.2 Å². The van der Waals surface area contributed by atoms with Gasteiger partial charge in [-0.2, -0.15) is 0 Å². The van der Waals surface area contributed by atoms with Crippen molar-refractivity contribution in [2.75, 3.05) is 23.3 Å². The maximum Gasteiger partial charge on any atom is 0.261 e. The minimum Gasteiger partial charge on any atom is -0.372 e. The van der Waals surface area contributed by atoms with E-state index in [9.17, 15) is 9.59 Å². The molecule has 0 saturated carbocycles. The van der Waals surface area contributed by atoms with Crippen molar-refractivity contribution < 1.29 is 4.79 Å². The number of hydrogen-bond acceptors (Lipinski definition) is 5. The van der Waals surface area contributed by atoms with Crippen LogP contribution in [0.25, 0.3) is 31.6 Å². The maximum absolute atomic E-state index is 13.4.